The van der Waals surface area contributed by atoms with Crippen LogP contribution in [-0.4, -0.2) is 46.8 Å². The zero-order chi connectivity index (χ0) is 15.6. The van der Waals surface area contributed by atoms with Crippen LogP contribution in [0.2, 0.25) is 0 Å². The third-order valence-electron chi connectivity index (χ3n) is 4.65. The van der Waals surface area contributed by atoms with Crippen LogP contribution in [0.5, 0.6) is 0 Å². The molecule has 1 heterocycles. The van der Waals surface area contributed by atoms with E-state index in [4.69, 9.17) is 5.73 Å². The zero-order valence-corrected chi connectivity index (χ0v) is 13.5. The second-order valence-corrected chi connectivity index (χ2v) is 6.13. The van der Waals surface area contributed by atoms with Crippen molar-refractivity contribution in [3.63, 3.8) is 0 Å². The van der Waals surface area contributed by atoms with Gasteiger partial charge >= 0.3 is 0 Å². The summed E-state index contributed by atoms with van der Waals surface area (Å²) in [5.74, 6) is 0.532. The van der Waals surface area contributed by atoms with Crippen molar-refractivity contribution in [1.29, 1.82) is 0 Å². The molecule has 1 amide bonds. The van der Waals surface area contributed by atoms with Crippen LogP contribution >= 0.6 is 0 Å². The van der Waals surface area contributed by atoms with Gasteiger partial charge in [0.2, 0.25) is 5.91 Å². The number of nitrogens with zero attached hydrogens (tertiary/aromatic N) is 3. The quantitative estimate of drug-likeness (QED) is 0.850. The molecule has 2 unspecified atom stereocenters. The molecule has 1 fully saturated rings. The highest BCUT2D eigenvalue weighted by atomic mass is 16.2. The first-order valence-corrected chi connectivity index (χ1v) is 7.64. The van der Waals surface area contributed by atoms with Gasteiger partial charge in [-0.1, -0.05) is 6.42 Å². The number of hydrogen-bond donors (Lipinski definition) is 2. The van der Waals surface area contributed by atoms with E-state index in [2.05, 4.69) is 15.3 Å². The number of anilines is 1. The Bertz CT molecular complexity index is 510. The van der Waals surface area contributed by atoms with E-state index in [9.17, 15) is 4.79 Å². The van der Waals surface area contributed by atoms with Crippen LogP contribution in [0.3, 0.4) is 0 Å². The lowest BCUT2D eigenvalue weighted by Crippen LogP contribution is -2.41. The first kappa shape index (κ1) is 16.0. The fourth-order valence-electron chi connectivity index (χ4n) is 3.35. The lowest BCUT2D eigenvalue weighted by molar-refractivity contribution is -0.117. The van der Waals surface area contributed by atoms with E-state index in [0.29, 0.717) is 25.0 Å². The molecule has 6 nitrogen and oxygen atoms in total. The van der Waals surface area contributed by atoms with Crippen molar-refractivity contribution in [2.45, 2.75) is 39.2 Å². The van der Waals surface area contributed by atoms with Gasteiger partial charge in [-0.05, 0) is 46.2 Å². The standard InChI is InChI=1S/C15H27N5O/c1-10-15(11(2)20(4)18-10)17-14(21)9-19(3)13-7-5-6-12(13)8-16/h12-13H,5-9,16H2,1-4H3,(H,17,21). The highest BCUT2D eigenvalue weighted by Gasteiger charge is 2.30. The second-order valence-electron chi connectivity index (χ2n) is 6.13. The summed E-state index contributed by atoms with van der Waals surface area (Å²) in [6.45, 7) is 4.97. The summed E-state index contributed by atoms with van der Waals surface area (Å²) < 4.78 is 1.79. The molecular formula is C15H27N5O. The number of aryl methyl sites for hydroxylation is 2. The van der Waals surface area contributed by atoms with Gasteiger partial charge in [0.1, 0.15) is 0 Å². The maximum Gasteiger partial charge on any atom is 0.238 e. The van der Waals surface area contributed by atoms with Gasteiger partial charge in [-0.25, -0.2) is 0 Å². The second kappa shape index (κ2) is 6.58. The molecule has 0 saturated heterocycles. The first-order valence-electron chi connectivity index (χ1n) is 7.64. The minimum Gasteiger partial charge on any atom is -0.330 e. The minimum atomic E-state index is 0.0133. The summed E-state index contributed by atoms with van der Waals surface area (Å²) >= 11 is 0. The lowest BCUT2D eigenvalue weighted by atomic mass is 10.0. The molecule has 1 saturated carbocycles. The number of likely N-dealkylation sites (N-methyl/N-ethyl adjacent to an activating group) is 1. The Kier molecular flexibility index (Phi) is 5.00. The third kappa shape index (κ3) is 3.44. The van der Waals surface area contributed by atoms with Crippen LogP contribution in [0, 0.1) is 19.8 Å². The Hall–Kier alpha value is -1.40. The Labute approximate surface area is 126 Å². The monoisotopic (exact) mass is 293 g/mol. The molecule has 1 aliphatic carbocycles. The molecule has 1 aromatic rings. The van der Waals surface area contributed by atoms with Gasteiger partial charge in [0.25, 0.3) is 0 Å². The molecule has 0 radical (unpaired) electrons. The molecule has 0 aromatic carbocycles. The summed E-state index contributed by atoms with van der Waals surface area (Å²) in [5, 5.41) is 7.31. The van der Waals surface area contributed by atoms with Crippen molar-refractivity contribution >= 4 is 11.6 Å². The van der Waals surface area contributed by atoms with Gasteiger partial charge in [-0.3, -0.25) is 14.4 Å². The Balaban J connectivity index is 1.95. The van der Waals surface area contributed by atoms with Crippen molar-refractivity contribution in [2.75, 3.05) is 25.5 Å². The molecule has 0 bridgehead atoms. The topological polar surface area (TPSA) is 76.2 Å². The van der Waals surface area contributed by atoms with Gasteiger partial charge in [0.05, 0.1) is 23.6 Å². The average Bonchev–Trinajstić information content (AvgIpc) is 2.99. The third-order valence-corrected chi connectivity index (χ3v) is 4.65. The van der Waals surface area contributed by atoms with Gasteiger partial charge < -0.3 is 11.1 Å². The SMILES string of the molecule is Cc1nn(C)c(C)c1NC(=O)CN(C)C1CCCC1CN. The molecule has 2 atom stereocenters. The highest BCUT2D eigenvalue weighted by Crippen LogP contribution is 2.28. The van der Waals surface area contributed by atoms with Crippen LogP contribution in [0.4, 0.5) is 5.69 Å². The zero-order valence-electron chi connectivity index (χ0n) is 13.5. The van der Waals surface area contributed by atoms with Crippen LogP contribution in [0.1, 0.15) is 30.7 Å². The predicted molar refractivity (Wildman–Crippen MR) is 84.1 cm³/mol. The summed E-state index contributed by atoms with van der Waals surface area (Å²) in [6, 6.07) is 0.428. The maximum absolute atomic E-state index is 12.3. The van der Waals surface area contributed by atoms with Crippen LogP contribution in [0.15, 0.2) is 0 Å². The molecule has 2 rings (SSSR count). The highest BCUT2D eigenvalue weighted by molar-refractivity contribution is 5.93. The number of nitrogens with one attached hydrogen (secondary N) is 1. The van der Waals surface area contributed by atoms with E-state index < -0.39 is 0 Å². The van der Waals surface area contributed by atoms with Gasteiger partial charge in [0.15, 0.2) is 0 Å². The van der Waals surface area contributed by atoms with Crippen LogP contribution < -0.4 is 11.1 Å². The van der Waals surface area contributed by atoms with Crippen molar-refractivity contribution in [1.82, 2.24) is 14.7 Å². The van der Waals surface area contributed by atoms with Crippen molar-refractivity contribution in [3.05, 3.63) is 11.4 Å². The molecule has 0 spiro atoms. The van der Waals surface area contributed by atoms with E-state index in [1.807, 2.05) is 27.9 Å². The summed E-state index contributed by atoms with van der Waals surface area (Å²) in [4.78, 5) is 14.4. The number of nitrogens with two attached hydrogens (primary N) is 1. The van der Waals surface area contributed by atoms with E-state index in [-0.39, 0.29) is 5.91 Å². The normalized spacial score (nSPS) is 22.0. The van der Waals surface area contributed by atoms with Crippen molar-refractivity contribution in [2.24, 2.45) is 18.7 Å². The van der Waals surface area contributed by atoms with E-state index in [0.717, 1.165) is 23.5 Å². The summed E-state index contributed by atoms with van der Waals surface area (Å²) in [6.07, 6.45) is 3.52. The lowest BCUT2D eigenvalue weighted by Gasteiger charge is -2.28. The smallest absolute Gasteiger partial charge is 0.238 e. The Morgan fingerprint density at radius 2 is 2.19 bits per heavy atom. The summed E-state index contributed by atoms with van der Waals surface area (Å²) in [7, 11) is 3.90. The summed E-state index contributed by atoms with van der Waals surface area (Å²) in [5.41, 5.74) is 8.48. The minimum absolute atomic E-state index is 0.0133. The number of aromatic nitrogens is 2. The average molecular weight is 293 g/mol. The van der Waals surface area contributed by atoms with Crippen LogP contribution in [0.25, 0.3) is 0 Å². The van der Waals surface area contributed by atoms with Gasteiger partial charge in [-0.15, -0.1) is 0 Å². The number of rotatable bonds is 5. The molecule has 1 aromatic heterocycles. The van der Waals surface area contributed by atoms with Crippen LogP contribution in [-0.2, 0) is 11.8 Å². The van der Waals surface area contributed by atoms with E-state index in [1.165, 1.54) is 12.8 Å². The molecule has 21 heavy (non-hydrogen) atoms. The Morgan fingerprint density at radius 3 is 2.76 bits per heavy atom. The fraction of sp³-hybridized carbons (Fsp3) is 0.733. The van der Waals surface area contributed by atoms with Crippen molar-refractivity contribution in [3.8, 4) is 0 Å². The van der Waals surface area contributed by atoms with Crippen molar-refractivity contribution < 1.29 is 4.79 Å². The first-order chi connectivity index (χ1) is 9.93. The maximum atomic E-state index is 12.3. The molecule has 118 valence electrons. The van der Waals surface area contributed by atoms with E-state index in [1.54, 1.807) is 4.68 Å². The molecular weight excluding hydrogens is 266 g/mol. The predicted octanol–water partition coefficient (Wildman–Crippen LogP) is 1.03. The number of carbonyl (C=O) groups is 1. The van der Waals surface area contributed by atoms with E-state index >= 15 is 0 Å². The molecule has 0 aliphatic heterocycles. The fourth-order valence-corrected chi connectivity index (χ4v) is 3.35. The number of hydrogen-bond acceptors (Lipinski definition) is 4. The number of carbonyl (C=O) groups excluding carboxylic acids is 1. The molecule has 6 heteroatoms. The molecule has 1 aliphatic rings. The van der Waals surface area contributed by atoms with Gasteiger partial charge in [-0.2, -0.15) is 5.10 Å². The largest absolute Gasteiger partial charge is 0.330 e. The number of amides is 1. The Morgan fingerprint density at radius 1 is 1.48 bits per heavy atom. The molecule has 3 N–H and O–H groups in total. The van der Waals surface area contributed by atoms with Gasteiger partial charge in [0, 0.05) is 13.1 Å².